The van der Waals surface area contributed by atoms with Crippen LogP contribution in [0.4, 0.5) is 0 Å². The quantitative estimate of drug-likeness (QED) is 0.330. The van der Waals surface area contributed by atoms with Crippen LogP contribution in [0.15, 0.2) is 47.7 Å². The standard InChI is InChI=1S/C21H34N6O/c1-22-21(25-12-15-26(2)14-7-17-28-3)24-11-10-20-23-13-16-27(20)18-19-8-5-4-6-9-19/h4-6,8-9,13,16H,7,10-12,14-15,17-18H2,1-3H3,(H2,22,24,25). The van der Waals surface area contributed by atoms with Crippen molar-refractivity contribution >= 4 is 5.96 Å². The molecule has 7 nitrogen and oxygen atoms in total. The van der Waals surface area contributed by atoms with Crippen LogP contribution < -0.4 is 10.6 Å². The van der Waals surface area contributed by atoms with Gasteiger partial charge in [0, 0.05) is 72.3 Å². The van der Waals surface area contributed by atoms with Gasteiger partial charge in [0.2, 0.25) is 0 Å². The van der Waals surface area contributed by atoms with Crippen molar-refractivity contribution in [3.8, 4) is 0 Å². The maximum atomic E-state index is 5.09. The molecule has 154 valence electrons. The number of benzene rings is 1. The summed E-state index contributed by atoms with van der Waals surface area (Å²) in [5.74, 6) is 1.90. The van der Waals surface area contributed by atoms with Crippen molar-refractivity contribution in [3.05, 3.63) is 54.1 Å². The molecule has 0 bridgehead atoms. The zero-order chi connectivity index (χ0) is 20.0. The summed E-state index contributed by atoms with van der Waals surface area (Å²) in [6.45, 7) is 5.29. The van der Waals surface area contributed by atoms with E-state index in [2.05, 4.69) is 61.4 Å². The van der Waals surface area contributed by atoms with Gasteiger partial charge in [-0.2, -0.15) is 0 Å². The van der Waals surface area contributed by atoms with Crippen LogP contribution in [-0.4, -0.2) is 74.4 Å². The van der Waals surface area contributed by atoms with Gasteiger partial charge in [-0.3, -0.25) is 4.99 Å². The van der Waals surface area contributed by atoms with Crippen LogP contribution in [0, 0.1) is 0 Å². The van der Waals surface area contributed by atoms with E-state index in [1.165, 1.54) is 5.56 Å². The fourth-order valence-electron chi connectivity index (χ4n) is 2.96. The van der Waals surface area contributed by atoms with E-state index < -0.39 is 0 Å². The predicted molar refractivity (Wildman–Crippen MR) is 115 cm³/mol. The number of hydrogen-bond acceptors (Lipinski definition) is 4. The number of aromatic nitrogens is 2. The molecular formula is C21H34N6O. The molecule has 0 aliphatic carbocycles. The number of imidazole rings is 1. The van der Waals surface area contributed by atoms with Crippen molar-refractivity contribution in [1.82, 2.24) is 25.1 Å². The van der Waals surface area contributed by atoms with E-state index >= 15 is 0 Å². The molecule has 1 aromatic carbocycles. The Morgan fingerprint density at radius 2 is 1.96 bits per heavy atom. The number of guanidine groups is 1. The average Bonchev–Trinajstić information content (AvgIpc) is 3.14. The number of hydrogen-bond donors (Lipinski definition) is 2. The Bertz CT molecular complexity index is 685. The van der Waals surface area contributed by atoms with Gasteiger partial charge in [-0.05, 0) is 19.0 Å². The second-order valence-corrected chi connectivity index (χ2v) is 6.78. The molecule has 0 saturated carbocycles. The van der Waals surface area contributed by atoms with Gasteiger partial charge in [-0.1, -0.05) is 30.3 Å². The smallest absolute Gasteiger partial charge is 0.191 e. The second kappa shape index (κ2) is 12.9. The van der Waals surface area contributed by atoms with Crippen LogP contribution in [0.5, 0.6) is 0 Å². The lowest BCUT2D eigenvalue weighted by atomic mass is 10.2. The molecule has 2 N–H and O–H groups in total. The van der Waals surface area contributed by atoms with Crippen LogP contribution in [0.2, 0.25) is 0 Å². The minimum atomic E-state index is 0.787. The van der Waals surface area contributed by atoms with Gasteiger partial charge in [0.05, 0.1) is 0 Å². The van der Waals surface area contributed by atoms with Gasteiger partial charge < -0.3 is 24.8 Å². The van der Waals surface area contributed by atoms with Crippen molar-refractivity contribution in [2.75, 3.05) is 54.0 Å². The molecule has 0 radical (unpaired) electrons. The molecular weight excluding hydrogens is 352 g/mol. The van der Waals surface area contributed by atoms with E-state index in [4.69, 9.17) is 4.74 Å². The minimum absolute atomic E-state index is 0.787. The third kappa shape index (κ3) is 8.10. The number of nitrogens with one attached hydrogen (secondary N) is 2. The number of rotatable bonds is 12. The minimum Gasteiger partial charge on any atom is -0.385 e. The number of nitrogens with zero attached hydrogens (tertiary/aromatic N) is 4. The maximum absolute atomic E-state index is 5.09. The lowest BCUT2D eigenvalue weighted by Crippen LogP contribution is -2.41. The summed E-state index contributed by atoms with van der Waals surface area (Å²) in [4.78, 5) is 11.1. The molecule has 0 spiro atoms. The molecule has 2 rings (SSSR count). The first-order valence-corrected chi connectivity index (χ1v) is 9.89. The highest BCUT2D eigenvalue weighted by molar-refractivity contribution is 5.79. The van der Waals surface area contributed by atoms with Crippen molar-refractivity contribution in [2.45, 2.75) is 19.4 Å². The lowest BCUT2D eigenvalue weighted by Gasteiger charge is -2.18. The fourth-order valence-corrected chi connectivity index (χ4v) is 2.96. The van der Waals surface area contributed by atoms with Crippen LogP contribution >= 0.6 is 0 Å². The number of ether oxygens (including phenoxy) is 1. The van der Waals surface area contributed by atoms with Crippen LogP contribution in [0.25, 0.3) is 0 Å². The first-order valence-electron chi connectivity index (χ1n) is 9.89. The largest absolute Gasteiger partial charge is 0.385 e. The summed E-state index contributed by atoms with van der Waals surface area (Å²) < 4.78 is 7.29. The first-order chi connectivity index (χ1) is 13.7. The lowest BCUT2D eigenvalue weighted by molar-refractivity contribution is 0.180. The van der Waals surface area contributed by atoms with Crippen LogP contribution in [0.3, 0.4) is 0 Å². The summed E-state index contributed by atoms with van der Waals surface area (Å²) >= 11 is 0. The van der Waals surface area contributed by atoms with Gasteiger partial charge in [0.1, 0.15) is 5.82 Å². The van der Waals surface area contributed by atoms with E-state index in [1.807, 2.05) is 18.5 Å². The van der Waals surface area contributed by atoms with E-state index in [0.29, 0.717) is 0 Å². The maximum Gasteiger partial charge on any atom is 0.191 e. The van der Waals surface area contributed by atoms with Gasteiger partial charge in [0.15, 0.2) is 5.96 Å². The van der Waals surface area contributed by atoms with Gasteiger partial charge in [-0.15, -0.1) is 0 Å². The molecule has 0 unspecified atom stereocenters. The molecule has 0 atom stereocenters. The Labute approximate surface area is 168 Å². The van der Waals surface area contributed by atoms with E-state index in [-0.39, 0.29) is 0 Å². The normalized spacial score (nSPS) is 11.8. The molecule has 0 amide bonds. The topological polar surface area (TPSA) is 66.7 Å². The number of aliphatic imine (C=N–C) groups is 1. The van der Waals surface area contributed by atoms with E-state index in [1.54, 1.807) is 14.2 Å². The van der Waals surface area contributed by atoms with Crippen molar-refractivity contribution < 1.29 is 4.74 Å². The second-order valence-electron chi connectivity index (χ2n) is 6.78. The van der Waals surface area contributed by atoms with Gasteiger partial charge in [-0.25, -0.2) is 4.98 Å². The number of methoxy groups -OCH3 is 1. The van der Waals surface area contributed by atoms with Crippen LogP contribution in [0.1, 0.15) is 17.8 Å². The predicted octanol–water partition coefficient (Wildman–Crippen LogP) is 1.61. The molecule has 0 fully saturated rings. The summed E-state index contributed by atoms with van der Waals surface area (Å²) in [5, 5.41) is 6.74. The molecule has 7 heteroatoms. The fraction of sp³-hybridized carbons (Fsp3) is 0.524. The summed E-state index contributed by atoms with van der Waals surface area (Å²) in [5.41, 5.74) is 1.28. The van der Waals surface area contributed by atoms with Crippen LogP contribution in [-0.2, 0) is 17.7 Å². The third-order valence-corrected chi connectivity index (χ3v) is 4.54. The van der Waals surface area contributed by atoms with Gasteiger partial charge in [0.25, 0.3) is 0 Å². The Hall–Kier alpha value is -2.38. The first kappa shape index (κ1) is 21.9. The third-order valence-electron chi connectivity index (χ3n) is 4.54. The molecule has 28 heavy (non-hydrogen) atoms. The average molecular weight is 387 g/mol. The zero-order valence-corrected chi connectivity index (χ0v) is 17.4. The monoisotopic (exact) mass is 386 g/mol. The Kier molecular flexibility index (Phi) is 10.1. The highest BCUT2D eigenvalue weighted by atomic mass is 16.5. The summed E-state index contributed by atoms with van der Waals surface area (Å²) in [6, 6.07) is 10.5. The molecule has 1 heterocycles. The molecule has 0 saturated heterocycles. The van der Waals surface area contributed by atoms with E-state index in [0.717, 1.165) is 64.0 Å². The summed E-state index contributed by atoms with van der Waals surface area (Å²) in [6.07, 6.45) is 5.80. The number of likely N-dealkylation sites (N-methyl/N-ethyl adjacent to an activating group) is 1. The zero-order valence-electron chi connectivity index (χ0n) is 17.4. The van der Waals surface area contributed by atoms with Crippen molar-refractivity contribution in [2.24, 2.45) is 4.99 Å². The Morgan fingerprint density at radius 3 is 2.71 bits per heavy atom. The Morgan fingerprint density at radius 1 is 1.18 bits per heavy atom. The van der Waals surface area contributed by atoms with Crippen molar-refractivity contribution in [1.29, 1.82) is 0 Å². The SMILES string of the molecule is CN=C(NCCc1nccn1Cc1ccccc1)NCCN(C)CCCOC. The van der Waals surface area contributed by atoms with Crippen molar-refractivity contribution in [3.63, 3.8) is 0 Å². The molecule has 0 aliphatic rings. The highest BCUT2D eigenvalue weighted by Gasteiger charge is 2.05. The van der Waals surface area contributed by atoms with Gasteiger partial charge >= 0.3 is 0 Å². The molecule has 0 aliphatic heterocycles. The molecule has 1 aromatic heterocycles. The highest BCUT2D eigenvalue weighted by Crippen LogP contribution is 2.05. The Balaban J connectivity index is 1.68. The molecule has 2 aromatic rings. The summed E-state index contributed by atoms with van der Waals surface area (Å²) in [7, 11) is 5.67. The van der Waals surface area contributed by atoms with E-state index in [9.17, 15) is 0 Å².